The fourth-order valence-electron chi connectivity index (χ4n) is 2.85. The van der Waals surface area contributed by atoms with Crippen LogP contribution in [0.2, 0.25) is 5.02 Å². The van der Waals surface area contributed by atoms with Crippen LogP contribution in [0.25, 0.3) is 0 Å². The molecule has 0 fully saturated rings. The maximum Gasteiger partial charge on any atom is 0.0928 e. The third-order valence-corrected chi connectivity index (χ3v) is 5.35. The lowest BCUT2D eigenvalue weighted by atomic mass is 9.97. The number of aromatic nitrogens is 1. The van der Waals surface area contributed by atoms with Gasteiger partial charge in [0.05, 0.1) is 16.8 Å². The van der Waals surface area contributed by atoms with Crippen LogP contribution >= 0.6 is 22.9 Å². The molecule has 3 nitrogen and oxygen atoms in total. The summed E-state index contributed by atoms with van der Waals surface area (Å²) in [5.74, 6) is 0. The number of aliphatic hydroxyl groups is 1. The number of nitrogens with one attached hydrogen (secondary N) is 1. The molecule has 5 heteroatoms. The number of halogens is 1. The van der Waals surface area contributed by atoms with Crippen molar-refractivity contribution in [1.29, 1.82) is 0 Å². The van der Waals surface area contributed by atoms with Crippen LogP contribution in [0.5, 0.6) is 0 Å². The number of benzene rings is 1. The van der Waals surface area contributed by atoms with Crippen molar-refractivity contribution >= 4 is 22.9 Å². The molecule has 21 heavy (non-hydrogen) atoms. The van der Waals surface area contributed by atoms with Gasteiger partial charge in [-0.2, -0.15) is 0 Å². The molecule has 3 rings (SSSR count). The second-order valence-corrected chi connectivity index (χ2v) is 7.08. The molecule has 1 aromatic carbocycles. The molecule has 112 valence electrons. The van der Waals surface area contributed by atoms with Gasteiger partial charge in [0.15, 0.2) is 0 Å². The zero-order chi connectivity index (χ0) is 14.8. The Bertz CT molecular complexity index is 628. The predicted molar refractivity (Wildman–Crippen MR) is 86.9 cm³/mol. The molecule has 0 saturated heterocycles. The van der Waals surface area contributed by atoms with Crippen molar-refractivity contribution in [2.75, 3.05) is 6.54 Å². The van der Waals surface area contributed by atoms with Crippen molar-refractivity contribution in [1.82, 2.24) is 10.3 Å². The topological polar surface area (TPSA) is 45.2 Å². The van der Waals surface area contributed by atoms with E-state index < -0.39 is 6.10 Å². The molecular weight excluding hydrogens is 304 g/mol. The smallest absolute Gasteiger partial charge is 0.0928 e. The predicted octanol–water partition coefficient (Wildman–Crippen LogP) is 3.81. The van der Waals surface area contributed by atoms with Gasteiger partial charge in [-0.1, -0.05) is 29.8 Å². The van der Waals surface area contributed by atoms with Crippen molar-refractivity contribution in [3.05, 3.63) is 50.4 Å². The normalized spacial score (nSPS) is 19.3. The molecule has 0 aliphatic heterocycles. The summed E-state index contributed by atoms with van der Waals surface area (Å²) in [5.41, 5.74) is 2.01. The van der Waals surface area contributed by atoms with Crippen LogP contribution in [-0.2, 0) is 6.42 Å². The Balaban J connectivity index is 1.67. The van der Waals surface area contributed by atoms with Gasteiger partial charge in [0.25, 0.3) is 0 Å². The summed E-state index contributed by atoms with van der Waals surface area (Å²) in [5, 5.41) is 15.5. The van der Waals surface area contributed by atoms with Gasteiger partial charge in [-0.3, -0.25) is 0 Å². The Morgan fingerprint density at radius 1 is 1.48 bits per heavy atom. The highest BCUT2D eigenvalue weighted by molar-refractivity contribution is 7.11. The molecule has 1 heterocycles. The number of nitrogens with zero attached hydrogens (tertiary/aromatic N) is 1. The molecule has 0 radical (unpaired) electrons. The minimum atomic E-state index is -0.585. The first-order chi connectivity index (χ1) is 10.1. The van der Waals surface area contributed by atoms with Crippen LogP contribution in [0.1, 0.15) is 46.1 Å². The maximum absolute atomic E-state index is 10.3. The number of aryl methyl sites for hydroxylation is 2. The number of hydrogen-bond acceptors (Lipinski definition) is 4. The van der Waals surface area contributed by atoms with Crippen molar-refractivity contribution in [2.45, 2.75) is 38.3 Å². The molecule has 1 aromatic heterocycles. The van der Waals surface area contributed by atoms with E-state index in [9.17, 15) is 5.11 Å². The molecule has 1 aliphatic rings. The first-order valence-electron chi connectivity index (χ1n) is 7.27. The van der Waals surface area contributed by atoms with E-state index in [1.54, 1.807) is 11.3 Å². The second-order valence-electron chi connectivity index (χ2n) is 5.43. The van der Waals surface area contributed by atoms with Crippen LogP contribution in [-0.4, -0.2) is 16.6 Å². The average molecular weight is 323 g/mol. The van der Waals surface area contributed by atoms with Crippen LogP contribution in [0.15, 0.2) is 24.3 Å². The Kier molecular flexibility index (Phi) is 4.60. The molecule has 0 saturated carbocycles. The third kappa shape index (κ3) is 3.29. The minimum Gasteiger partial charge on any atom is -0.387 e. The standard InChI is InChI=1S/C16H19ClN2OS/c1-10-19-14-8-4-7-13(16(14)21-10)18-9-15(20)11-5-2-3-6-12(11)17/h2-3,5-6,13,15,18,20H,4,7-9H2,1H3. The maximum atomic E-state index is 10.3. The zero-order valence-corrected chi connectivity index (χ0v) is 13.5. The summed E-state index contributed by atoms with van der Waals surface area (Å²) in [4.78, 5) is 5.93. The highest BCUT2D eigenvalue weighted by Gasteiger charge is 2.24. The molecule has 0 bridgehead atoms. The highest BCUT2D eigenvalue weighted by Crippen LogP contribution is 2.34. The van der Waals surface area contributed by atoms with Gasteiger partial charge in [0.2, 0.25) is 0 Å². The number of aliphatic hydroxyl groups excluding tert-OH is 1. The lowest BCUT2D eigenvalue weighted by Crippen LogP contribution is -2.28. The van der Waals surface area contributed by atoms with Crippen LogP contribution in [0.4, 0.5) is 0 Å². The Morgan fingerprint density at radius 3 is 3.10 bits per heavy atom. The molecule has 2 N–H and O–H groups in total. The first-order valence-corrected chi connectivity index (χ1v) is 8.46. The largest absolute Gasteiger partial charge is 0.387 e. The fraction of sp³-hybridized carbons (Fsp3) is 0.438. The molecule has 2 unspecified atom stereocenters. The summed E-state index contributed by atoms with van der Waals surface area (Å²) in [6.07, 6.45) is 2.74. The van der Waals surface area contributed by atoms with Gasteiger partial charge < -0.3 is 10.4 Å². The van der Waals surface area contributed by atoms with Crippen molar-refractivity contribution in [3.63, 3.8) is 0 Å². The first kappa shape index (κ1) is 15.0. The van der Waals surface area contributed by atoms with Gasteiger partial charge in [-0.25, -0.2) is 4.98 Å². The number of fused-ring (bicyclic) bond motifs is 1. The average Bonchev–Trinajstić information content (AvgIpc) is 2.86. The summed E-state index contributed by atoms with van der Waals surface area (Å²) >= 11 is 7.90. The van der Waals surface area contributed by atoms with Gasteiger partial charge in [0.1, 0.15) is 0 Å². The zero-order valence-electron chi connectivity index (χ0n) is 12.0. The summed E-state index contributed by atoms with van der Waals surface area (Å²) in [6.45, 7) is 2.56. The Labute approximate surface area is 134 Å². The number of rotatable bonds is 4. The minimum absolute atomic E-state index is 0.303. The molecule has 2 atom stereocenters. The van der Waals surface area contributed by atoms with Crippen molar-refractivity contribution in [3.8, 4) is 0 Å². The Morgan fingerprint density at radius 2 is 2.29 bits per heavy atom. The number of hydrogen-bond donors (Lipinski definition) is 2. The van der Waals surface area contributed by atoms with Crippen molar-refractivity contribution in [2.24, 2.45) is 0 Å². The molecule has 0 amide bonds. The van der Waals surface area contributed by atoms with E-state index in [1.807, 2.05) is 24.3 Å². The van der Waals surface area contributed by atoms with E-state index in [0.29, 0.717) is 17.6 Å². The quantitative estimate of drug-likeness (QED) is 0.899. The molecular formula is C16H19ClN2OS. The summed E-state index contributed by atoms with van der Waals surface area (Å²) in [7, 11) is 0. The Hall–Kier alpha value is -0.940. The van der Waals surface area contributed by atoms with Gasteiger partial charge in [-0.15, -0.1) is 11.3 Å². The second kappa shape index (κ2) is 6.44. The van der Waals surface area contributed by atoms with Gasteiger partial charge in [-0.05, 0) is 32.3 Å². The van der Waals surface area contributed by atoms with E-state index in [2.05, 4.69) is 17.2 Å². The van der Waals surface area contributed by atoms with E-state index in [4.69, 9.17) is 11.6 Å². The van der Waals surface area contributed by atoms with Crippen molar-refractivity contribution < 1.29 is 5.11 Å². The SMILES string of the molecule is Cc1nc2c(s1)C(NCC(O)c1ccccc1Cl)CCC2. The summed E-state index contributed by atoms with van der Waals surface area (Å²) in [6, 6.07) is 7.76. The molecule has 1 aliphatic carbocycles. The van der Waals surface area contributed by atoms with E-state index >= 15 is 0 Å². The molecule has 0 spiro atoms. The van der Waals surface area contributed by atoms with Crippen LogP contribution < -0.4 is 5.32 Å². The fourth-order valence-corrected chi connectivity index (χ4v) is 4.19. The van der Waals surface area contributed by atoms with Gasteiger partial charge >= 0.3 is 0 Å². The lowest BCUT2D eigenvalue weighted by molar-refractivity contribution is 0.168. The van der Waals surface area contributed by atoms with E-state index in [0.717, 1.165) is 29.8 Å². The highest BCUT2D eigenvalue weighted by atomic mass is 35.5. The molecule has 2 aromatic rings. The monoisotopic (exact) mass is 322 g/mol. The lowest BCUT2D eigenvalue weighted by Gasteiger charge is -2.24. The third-order valence-electron chi connectivity index (χ3n) is 3.88. The van der Waals surface area contributed by atoms with Gasteiger partial charge in [0, 0.05) is 28.0 Å². The summed E-state index contributed by atoms with van der Waals surface area (Å²) < 4.78 is 0. The van der Waals surface area contributed by atoms with E-state index in [1.165, 1.54) is 10.6 Å². The van der Waals surface area contributed by atoms with E-state index in [-0.39, 0.29) is 0 Å². The van der Waals surface area contributed by atoms with Crippen LogP contribution in [0, 0.1) is 6.92 Å². The number of thiazole rings is 1. The van der Waals surface area contributed by atoms with Crippen LogP contribution in [0.3, 0.4) is 0 Å².